The molecule has 2 heterocycles. The van der Waals surface area contributed by atoms with Crippen LogP contribution in [0.3, 0.4) is 0 Å². The number of aliphatic hydroxyl groups excluding tert-OH is 1. The highest BCUT2D eigenvalue weighted by molar-refractivity contribution is 7.10. The Morgan fingerprint density at radius 1 is 1.23 bits per heavy atom. The van der Waals surface area contributed by atoms with E-state index in [1.807, 2.05) is 23.6 Å². The predicted octanol–water partition coefficient (Wildman–Crippen LogP) is 3.32. The highest BCUT2D eigenvalue weighted by Crippen LogP contribution is 2.22. The molecule has 3 rings (SSSR count). The van der Waals surface area contributed by atoms with Crippen LogP contribution >= 0.6 is 11.3 Å². The highest BCUT2D eigenvalue weighted by atomic mass is 32.1. The van der Waals surface area contributed by atoms with E-state index in [0.29, 0.717) is 12.5 Å². The van der Waals surface area contributed by atoms with Gasteiger partial charge in [0.1, 0.15) is 6.10 Å². The van der Waals surface area contributed by atoms with Gasteiger partial charge < -0.3 is 9.84 Å². The SMILES string of the molecule is OC(CN(Cc1ccccc1)CC1CCOC1)c1cccs1. The number of benzene rings is 1. The summed E-state index contributed by atoms with van der Waals surface area (Å²) in [6.07, 6.45) is 0.714. The van der Waals surface area contributed by atoms with Crippen LogP contribution in [0.2, 0.25) is 0 Å². The van der Waals surface area contributed by atoms with Gasteiger partial charge in [-0.2, -0.15) is 0 Å². The van der Waals surface area contributed by atoms with Crippen molar-refractivity contribution in [2.24, 2.45) is 5.92 Å². The molecule has 3 nitrogen and oxygen atoms in total. The fourth-order valence-corrected chi connectivity index (χ4v) is 3.66. The van der Waals surface area contributed by atoms with Gasteiger partial charge in [0.15, 0.2) is 0 Å². The second-order valence-corrected chi connectivity index (χ2v) is 6.92. The third-order valence-corrected chi connectivity index (χ3v) is 5.07. The molecule has 118 valence electrons. The lowest BCUT2D eigenvalue weighted by atomic mass is 10.1. The Labute approximate surface area is 136 Å². The number of hydrogen-bond acceptors (Lipinski definition) is 4. The van der Waals surface area contributed by atoms with Crippen LogP contribution in [-0.2, 0) is 11.3 Å². The summed E-state index contributed by atoms with van der Waals surface area (Å²) < 4.78 is 5.50. The Bertz CT molecular complexity index is 537. The average molecular weight is 317 g/mol. The molecule has 1 aromatic heterocycles. The first kappa shape index (κ1) is 15.7. The third-order valence-electron chi connectivity index (χ3n) is 4.09. The Kier molecular flexibility index (Phi) is 5.62. The molecule has 22 heavy (non-hydrogen) atoms. The van der Waals surface area contributed by atoms with Crippen LogP contribution in [0.5, 0.6) is 0 Å². The number of aliphatic hydroxyl groups is 1. The smallest absolute Gasteiger partial charge is 0.101 e. The first-order valence-electron chi connectivity index (χ1n) is 7.87. The fourth-order valence-electron chi connectivity index (χ4n) is 2.95. The summed E-state index contributed by atoms with van der Waals surface area (Å²) in [6.45, 7) is 4.25. The van der Waals surface area contributed by atoms with E-state index >= 15 is 0 Å². The summed E-state index contributed by atoms with van der Waals surface area (Å²) in [5.41, 5.74) is 1.29. The van der Waals surface area contributed by atoms with Crippen molar-refractivity contribution in [2.45, 2.75) is 19.1 Å². The maximum Gasteiger partial charge on any atom is 0.101 e. The summed E-state index contributed by atoms with van der Waals surface area (Å²) >= 11 is 1.62. The van der Waals surface area contributed by atoms with Gasteiger partial charge in [0, 0.05) is 31.1 Å². The van der Waals surface area contributed by atoms with Crippen LogP contribution < -0.4 is 0 Å². The summed E-state index contributed by atoms with van der Waals surface area (Å²) in [5, 5.41) is 12.5. The Balaban J connectivity index is 1.64. The van der Waals surface area contributed by atoms with Gasteiger partial charge in [-0.05, 0) is 29.3 Å². The average Bonchev–Trinajstić information content (AvgIpc) is 3.21. The van der Waals surface area contributed by atoms with E-state index in [9.17, 15) is 5.11 Å². The van der Waals surface area contributed by atoms with E-state index < -0.39 is 6.10 Å². The van der Waals surface area contributed by atoms with Crippen molar-refractivity contribution in [3.05, 3.63) is 58.3 Å². The van der Waals surface area contributed by atoms with Crippen molar-refractivity contribution < 1.29 is 9.84 Å². The summed E-state index contributed by atoms with van der Waals surface area (Å²) in [5.74, 6) is 0.583. The monoisotopic (exact) mass is 317 g/mol. The molecule has 0 amide bonds. The molecule has 2 unspecified atom stereocenters. The molecular weight excluding hydrogens is 294 g/mol. The second-order valence-electron chi connectivity index (χ2n) is 5.94. The molecule has 1 fully saturated rings. The molecule has 0 saturated carbocycles. The lowest BCUT2D eigenvalue weighted by Gasteiger charge is -2.27. The van der Waals surface area contributed by atoms with Crippen LogP contribution in [0.1, 0.15) is 23.0 Å². The molecule has 0 aliphatic carbocycles. The van der Waals surface area contributed by atoms with Gasteiger partial charge in [0.2, 0.25) is 0 Å². The van der Waals surface area contributed by atoms with Crippen molar-refractivity contribution in [1.82, 2.24) is 4.90 Å². The molecule has 0 radical (unpaired) electrons. The second kappa shape index (κ2) is 7.88. The lowest BCUT2D eigenvalue weighted by molar-refractivity contribution is 0.0965. The van der Waals surface area contributed by atoms with Crippen molar-refractivity contribution >= 4 is 11.3 Å². The molecule has 2 aromatic rings. The largest absolute Gasteiger partial charge is 0.386 e. The minimum Gasteiger partial charge on any atom is -0.386 e. The quantitative estimate of drug-likeness (QED) is 0.850. The topological polar surface area (TPSA) is 32.7 Å². The molecule has 2 atom stereocenters. The zero-order valence-electron chi connectivity index (χ0n) is 12.7. The Morgan fingerprint density at radius 3 is 2.77 bits per heavy atom. The van der Waals surface area contributed by atoms with Gasteiger partial charge in [0.25, 0.3) is 0 Å². The summed E-state index contributed by atoms with van der Waals surface area (Å²) in [4.78, 5) is 3.40. The Hall–Kier alpha value is -1.20. The highest BCUT2D eigenvalue weighted by Gasteiger charge is 2.22. The van der Waals surface area contributed by atoms with Crippen molar-refractivity contribution in [1.29, 1.82) is 0 Å². The predicted molar refractivity (Wildman–Crippen MR) is 89.9 cm³/mol. The minimum absolute atomic E-state index is 0.411. The van der Waals surface area contributed by atoms with E-state index in [1.165, 1.54) is 5.56 Å². The standard InChI is InChI=1S/C18H23NO2S/c20-17(18-7-4-10-22-18)13-19(12-16-8-9-21-14-16)11-15-5-2-1-3-6-15/h1-7,10,16-17,20H,8-9,11-14H2. The Morgan fingerprint density at radius 2 is 2.09 bits per heavy atom. The van der Waals surface area contributed by atoms with Crippen molar-refractivity contribution in [3.8, 4) is 0 Å². The van der Waals surface area contributed by atoms with Crippen LogP contribution in [-0.4, -0.2) is 36.3 Å². The van der Waals surface area contributed by atoms with Gasteiger partial charge in [0.05, 0.1) is 6.61 Å². The number of nitrogens with zero attached hydrogens (tertiary/aromatic N) is 1. The van der Waals surface area contributed by atoms with Gasteiger partial charge in [-0.3, -0.25) is 4.90 Å². The number of ether oxygens (including phenoxy) is 1. The molecule has 1 saturated heterocycles. The van der Waals surface area contributed by atoms with Gasteiger partial charge in [-0.25, -0.2) is 0 Å². The van der Waals surface area contributed by atoms with E-state index in [1.54, 1.807) is 11.3 Å². The van der Waals surface area contributed by atoms with E-state index in [0.717, 1.165) is 37.6 Å². The summed E-state index contributed by atoms with van der Waals surface area (Å²) in [6, 6.07) is 14.5. The molecule has 0 spiro atoms. The lowest BCUT2D eigenvalue weighted by Crippen LogP contribution is -2.33. The van der Waals surface area contributed by atoms with E-state index in [4.69, 9.17) is 4.74 Å². The van der Waals surface area contributed by atoms with Crippen LogP contribution in [0.25, 0.3) is 0 Å². The zero-order valence-corrected chi connectivity index (χ0v) is 13.5. The first-order valence-corrected chi connectivity index (χ1v) is 8.74. The molecule has 0 bridgehead atoms. The molecule has 1 aromatic carbocycles. The van der Waals surface area contributed by atoms with Crippen LogP contribution in [0, 0.1) is 5.92 Å². The molecule has 1 aliphatic heterocycles. The van der Waals surface area contributed by atoms with E-state index in [-0.39, 0.29) is 0 Å². The van der Waals surface area contributed by atoms with Gasteiger partial charge in [-0.15, -0.1) is 11.3 Å². The van der Waals surface area contributed by atoms with E-state index in [2.05, 4.69) is 29.2 Å². The van der Waals surface area contributed by atoms with Gasteiger partial charge >= 0.3 is 0 Å². The van der Waals surface area contributed by atoms with Crippen LogP contribution in [0.15, 0.2) is 47.8 Å². The zero-order chi connectivity index (χ0) is 15.2. The molecule has 4 heteroatoms. The molecule has 1 N–H and O–H groups in total. The molecule has 1 aliphatic rings. The molecular formula is C18H23NO2S. The fraction of sp³-hybridized carbons (Fsp3) is 0.444. The minimum atomic E-state index is -0.411. The van der Waals surface area contributed by atoms with Crippen LogP contribution in [0.4, 0.5) is 0 Å². The van der Waals surface area contributed by atoms with Crippen molar-refractivity contribution in [3.63, 3.8) is 0 Å². The maximum absolute atomic E-state index is 10.5. The number of hydrogen-bond donors (Lipinski definition) is 1. The van der Waals surface area contributed by atoms with Gasteiger partial charge in [-0.1, -0.05) is 36.4 Å². The normalized spacial score (nSPS) is 19.6. The maximum atomic E-state index is 10.5. The number of thiophene rings is 1. The summed E-state index contributed by atoms with van der Waals surface area (Å²) in [7, 11) is 0. The first-order chi connectivity index (χ1) is 10.8. The van der Waals surface area contributed by atoms with Crippen molar-refractivity contribution in [2.75, 3.05) is 26.3 Å². The third kappa shape index (κ3) is 4.40. The number of rotatable bonds is 7.